The van der Waals surface area contributed by atoms with Crippen LogP contribution in [0.3, 0.4) is 0 Å². The Bertz CT molecular complexity index is 1020. The van der Waals surface area contributed by atoms with Gasteiger partial charge in [-0.25, -0.2) is 5.43 Å². The molecule has 0 bridgehead atoms. The fraction of sp³-hybridized carbons (Fsp3) is 0.217. The molecule has 0 aliphatic carbocycles. The maximum absolute atomic E-state index is 12.2. The normalized spacial score (nSPS) is 11.0. The number of benzene rings is 2. The monoisotopic (exact) mass is 409 g/mol. The SMILES string of the molecule is CCOc1ccc(CC(=O)N/N=C\c2cc(C)n(-c3ccccc3Cl)c2C)cc1. The molecule has 5 nitrogen and oxygen atoms in total. The second kappa shape index (κ2) is 9.43. The van der Waals surface area contributed by atoms with Gasteiger partial charge < -0.3 is 9.30 Å². The lowest BCUT2D eigenvalue weighted by atomic mass is 10.1. The van der Waals surface area contributed by atoms with Crippen molar-refractivity contribution in [2.45, 2.75) is 27.2 Å². The summed E-state index contributed by atoms with van der Waals surface area (Å²) in [6, 6.07) is 17.2. The summed E-state index contributed by atoms with van der Waals surface area (Å²) in [6.45, 7) is 6.56. The molecule has 0 saturated heterocycles. The molecular weight excluding hydrogens is 386 g/mol. The van der Waals surface area contributed by atoms with Crippen molar-refractivity contribution in [3.05, 3.63) is 82.1 Å². The fourth-order valence-corrected chi connectivity index (χ4v) is 3.41. The van der Waals surface area contributed by atoms with Crippen LogP contribution in [-0.2, 0) is 11.2 Å². The molecule has 0 fully saturated rings. The largest absolute Gasteiger partial charge is 0.494 e. The first-order chi connectivity index (χ1) is 14.0. The predicted molar refractivity (Wildman–Crippen MR) is 117 cm³/mol. The standard InChI is InChI=1S/C23H24ClN3O2/c1-4-29-20-11-9-18(10-12-20)14-23(28)26-25-15-19-13-16(2)27(17(19)3)22-8-6-5-7-21(22)24/h5-13,15H,4,14H2,1-3H3,(H,26,28)/b25-15-. The highest BCUT2D eigenvalue weighted by Gasteiger charge is 2.11. The summed E-state index contributed by atoms with van der Waals surface area (Å²) < 4.78 is 7.48. The second-order valence-electron chi connectivity index (χ2n) is 6.66. The molecule has 0 radical (unpaired) electrons. The van der Waals surface area contributed by atoms with Crippen LogP contribution in [0, 0.1) is 13.8 Å². The van der Waals surface area contributed by atoms with Gasteiger partial charge in [0.05, 0.1) is 30.0 Å². The number of aryl methyl sites for hydroxylation is 1. The van der Waals surface area contributed by atoms with E-state index in [-0.39, 0.29) is 12.3 Å². The highest BCUT2D eigenvalue weighted by molar-refractivity contribution is 6.32. The Kier molecular flexibility index (Phi) is 6.73. The van der Waals surface area contributed by atoms with Crippen molar-refractivity contribution in [3.63, 3.8) is 0 Å². The minimum Gasteiger partial charge on any atom is -0.494 e. The summed E-state index contributed by atoms with van der Waals surface area (Å²) >= 11 is 6.34. The van der Waals surface area contributed by atoms with E-state index in [1.165, 1.54) is 0 Å². The quantitative estimate of drug-likeness (QED) is 0.448. The Morgan fingerprint density at radius 2 is 1.90 bits per heavy atom. The molecule has 0 unspecified atom stereocenters. The molecule has 0 saturated carbocycles. The van der Waals surface area contributed by atoms with E-state index in [0.717, 1.165) is 34.0 Å². The molecule has 29 heavy (non-hydrogen) atoms. The van der Waals surface area contributed by atoms with E-state index in [0.29, 0.717) is 11.6 Å². The summed E-state index contributed by atoms with van der Waals surface area (Å²) in [5.41, 5.74) is 7.37. The van der Waals surface area contributed by atoms with Crippen LogP contribution in [0.4, 0.5) is 0 Å². The average molecular weight is 410 g/mol. The van der Waals surface area contributed by atoms with Crippen LogP contribution in [0.2, 0.25) is 5.02 Å². The number of nitrogens with one attached hydrogen (secondary N) is 1. The van der Waals surface area contributed by atoms with Crippen molar-refractivity contribution in [2.24, 2.45) is 5.10 Å². The number of halogens is 1. The van der Waals surface area contributed by atoms with Crippen LogP contribution in [0.5, 0.6) is 5.75 Å². The van der Waals surface area contributed by atoms with Crippen LogP contribution in [0.15, 0.2) is 59.7 Å². The third-order valence-electron chi connectivity index (χ3n) is 4.56. The molecule has 0 aliphatic heterocycles. The second-order valence-corrected chi connectivity index (χ2v) is 7.07. The van der Waals surface area contributed by atoms with Crippen molar-refractivity contribution in [1.82, 2.24) is 9.99 Å². The van der Waals surface area contributed by atoms with E-state index >= 15 is 0 Å². The first-order valence-corrected chi connectivity index (χ1v) is 9.85. The zero-order valence-electron chi connectivity index (χ0n) is 16.8. The zero-order valence-corrected chi connectivity index (χ0v) is 17.5. The topological polar surface area (TPSA) is 55.6 Å². The van der Waals surface area contributed by atoms with E-state index < -0.39 is 0 Å². The molecule has 0 aliphatic rings. The highest BCUT2D eigenvalue weighted by atomic mass is 35.5. The minimum atomic E-state index is -0.176. The molecule has 150 valence electrons. The molecule has 1 heterocycles. The number of aromatic nitrogens is 1. The Balaban J connectivity index is 1.65. The van der Waals surface area contributed by atoms with E-state index in [4.69, 9.17) is 16.3 Å². The van der Waals surface area contributed by atoms with Gasteiger partial charge in [-0.1, -0.05) is 35.9 Å². The van der Waals surface area contributed by atoms with E-state index in [1.807, 2.05) is 75.4 Å². The van der Waals surface area contributed by atoms with Crippen LogP contribution in [0.1, 0.15) is 29.4 Å². The fourth-order valence-electron chi connectivity index (χ4n) is 3.19. The molecule has 3 aromatic rings. The highest BCUT2D eigenvalue weighted by Crippen LogP contribution is 2.25. The van der Waals surface area contributed by atoms with Crippen molar-refractivity contribution in [2.75, 3.05) is 6.61 Å². The van der Waals surface area contributed by atoms with Gasteiger partial charge in [-0.15, -0.1) is 0 Å². The lowest BCUT2D eigenvalue weighted by Gasteiger charge is -2.11. The van der Waals surface area contributed by atoms with Crippen molar-refractivity contribution in [1.29, 1.82) is 0 Å². The molecule has 1 N–H and O–H groups in total. The molecule has 0 spiro atoms. The van der Waals surface area contributed by atoms with E-state index in [1.54, 1.807) is 6.21 Å². The number of amides is 1. The third-order valence-corrected chi connectivity index (χ3v) is 4.88. The van der Waals surface area contributed by atoms with Gasteiger partial charge in [0.15, 0.2) is 0 Å². The van der Waals surface area contributed by atoms with Gasteiger partial charge in [0, 0.05) is 17.0 Å². The molecule has 0 atom stereocenters. The van der Waals surface area contributed by atoms with Crippen molar-refractivity contribution in [3.8, 4) is 11.4 Å². The van der Waals surface area contributed by atoms with E-state index in [2.05, 4.69) is 15.1 Å². The number of hydrogen-bond donors (Lipinski definition) is 1. The summed E-state index contributed by atoms with van der Waals surface area (Å²) in [5.74, 6) is 0.619. The van der Waals surface area contributed by atoms with Crippen LogP contribution >= 0.6 is 11.6 Å². The van der Waals surface area contributed by atoms with Gasteiger partial charge in [-0.05, 0) is 56.7 Å². The Hall–Kier alpha value is -3.05. The van der Waals surface area contributed by atoms with Gasteiger partial charge in [-0.3, -0.25) is 4.79 Å². The minimum absolute atomic E-state index is 0.176. The first kappa shape index (κ1) is 20.7. The average Bonchev–Trinajstić information content (AvgIpc) is 2.97. The molecule has 6 heteroatoms. The third kappa shape index (κ3) is 5.06. The zero-order chi connectivity index (χ0) is 20.8. The first-order valence-electron chi connectivity index (χ1n) is 9.47. The maximum Gasteiger partial charge on any atom is 0.244 e. The van der Waals surface area contributed by atoms with Gasteiger partial charge >= 0.3 is 0 Å². The van der Waals surface area contributed by atoms with Gasteiger partial charge in [-0.2, -0.15) is 5.10 Å². The van der Waals surface area contributed by atoms with Crippen LogP contribution in [0.25, 0.3) is 5.69 Å². The van der Waals surface area contributed by atoms with Gasteiger partial charge in [0.2, 0.25) is 5.91 Å². The van der Waals surface area contributed by atoms with Crippen LogP contribution in [-0.4, -0.2) is 23.3 Å². The molecule has 1 aromatic heterocycles. The number of para-hydroxylation sites is 1. The summed E-state index contributed by atoms with van der Waals surface area (Å²) in [5, 5.41) is 4.80. The van der Waals surface area contributed by atoms with Crippen LogP contribution < -0.4 is 10.2 Å². The number of nitrogens with zero attached hydrogens (tertiary/aromatic N) is 2. The number of carbonyl (C=O) groups is 1. The number of rotatable bonds is 7. The Morgan fingerprint density at radius 3 is 2.59 bits per heavy atom. The molecule has 2 aromatic carbocycles. The lowest BCUT2D eigenvalue weighted by Crippen LogP contribution is -2.19. The van der Waals surface area contributed by atoms with Crippen molar-refractivity contribution < 1.29 is 9.53 Å². The van der Waals surface area contributed by atoms with E-state index in [9.17, 15) is 4.79 Å². The summed E-state index contributed by atoms with van der Waals surface area (Å²) in [6.07, 6.45) is 1.91. The summed E-state index contributed by atoms with van der Waals surface area (Å²) in [4.78, 5) is 12.2. The van der Waals surface area contributed by atoms with Gasteiger partial charge in [0.25, 0.3) is 0 Å². The Morgan fingerprint density at radius 1 is 1.17 bits per heavy atom. The van der Waals surface area contributed by atoms with Gasteiger partial charge in [0.1, 0.15) is 5.75 Å². The number of hydrogen-bond acceptors (Lipinski definition) is 3. The number of carbonyl (C=O) groups excluding carboxylic acids is 1. The Labute approximate surface area is 176 Å². The maximum atomic E-state index is 12.2. The lowest BCUT2D eigenvalue weighted by molar-refractivity contribution is -0.120. The smallest absolute Gasteiger partial charge is 0.244 e. The van der Waals surface area contributed by atoms with Crippen molar-refractivity contribution >= 4 is 23.7 Å². The predicted octanol–water partition coefficient (Wildman–Crippen LogP) is 4.84. The molecule has 3 rings (SSSR count). The number of ether oxygens (including phenoxy) is 1. The summed E-state index contributed by atoms with van der Waals surface area (Å²) in [7, 11) is 0. The molecular formula is C23H24ClN3O2. The number of hydrazone groups is 1. The molecule has 1 amide bonds.